The number of benzene rings is 1. The third-order valence-corrected chi connectivity index (χ3v) is 2.94. The number of rotatable bonds is 2. The Hall–Kier alpha value is -2.01. The first-order valence-corrected chi connectivity index (χ1v) is 5.63. The lowest BCUT2D eigenvalue weighted by Crippen LogP contribution is -2.07. The molecule has 1 aromatic heterocycles. The molecule has 0 saturated carbocycles. The van der Waals surface area contributed by atoms with Crippen LogP contribution < -0.4 is 5.73 Å². The summed E-state index contributed by atoms with van der Waals surface area (Å²) < 4.78 is 1.35. The highest BCUT2D eigenvalue weighted by Crippen LogP contribution is 2.28. The molecule has 0 aliphatic rings. The molecule has 0 atom stereocenters. The van der Waals surface area contributed by atoms with E-state index in [0.29, 0.717) is 10.7 Å². The van der Waals surface area contributed by atoms with Crippen molar-refractivity contribution in [3.05, 3.63) is 40.0 Å². The Balaban J connectivity index is 2.67. The summed E-state index contributed by atoms with van der Waals surface area (Å²) >= 11 is 6.17. The molecule has 0 aliphatic carbocycles. The lowest BCUT2D eigenvalue weighted by molar-refractivity contribution is 0.0698. The van der Waals surface area contributed by atoms with Crippen molar-refractivity contribution in [2.45, 2.75) is 13.8 Å². The fourth-order valence-electron chi connectivity index (χ4n) is 1.88. The van der Waals surface area contributed by atoms with Gasteiger partial charge in [-0.25, -0.2) is 9.48 Å². The molecule has 1 heterocycles. The second kappa shape index (κ2) is 4.34. The number of hydrogen-bond donors (Lipinski definition) is 2. The fraction of sp³-hybridized carbons (Fsp3) is 0.167. The Morgan fingerprint density at radius 1 is 1.44 bits per heavy atom. The van der Waals surface area contributed by atoms with Crippen molar-refractivity contribution in [1.29, 1.82) is 0 Å². The number of halogens is 1. The van der Waals surface area contributed by atoms with Gasteiger partial charge in [0.25, 0.3) is 0 Å². The Morgan fingerprint density at radius 2 is 2.11 bits per heavy atom. The van der Waals surface area contributed by atoms with E-state index in [4.69, 9.17) is 22.4 Å². The zero-order valence-corrected chi connectivity index (χ0v) is 10.7. The molecule has 0 aliphatic heterocycles. The minimum absolute atomic E-state index is 0.0361. The van der Waals surface area contributed by atoms with E-state index in [2.05, 4.69) is 5.10 Å². The van der Waals surface area contributed by atoms with E-state index in [0.717, 1.165) is 11.1 Å². The normalized spacial score (nSPS) is 10.6. The Kier molecular flexibility index (Phi) is 3.00. The molecule has 0 saturated heterocycles. The van der Waals surface area contributed by atoms with Gasteiger partial charge in [-0.3, -0.25) is 0 Å². The maximum Gasteiger partial charge on any atom is 0.341 e. The minimum atomic E-state index is -1.11. The number of carboxylic acid groups (broad SMARTS) is 1. The summed E-state index contributed by atoms with van der Waals surface area (Å²) in [6.07, 6.45) is 1.22. The maximum atomic E-state index is 10.9. The Labute approximate surface area is 109 Å². The van der Waals surface area contributed by atoms with Gasteiger partial charge in [0.1, 0.15) is 11.4 Å². The van der Waals surface area contributed by atoms with Gasteiger partial charge in [-0.15, -0.1) is 0 Å². The average Bonchev–Trinajstić information content (AvgIpc) is 2.59. The first-order chi connectivity index (χ1) is 8.41. The molecule has 2 aromatic rings. The number of nitrogen functional groups attached to an aromatic ring is 1. The smallest absolute Gasteiger partial charge is 0.341 e. The number of nitrogens with two attached hydrogens (primary N) is 1. The predicted molar refractivity (Wildman–Crippen MR) is 69.4 cm³/mol. The lowest BCUT2D eigenvalue weighted by Gasteiger charge is -2.11. The van der Waals surface area contributed by atoms with Crippen molar-refractivity contribution in [2.24, 2.45) is 0 Å². The maximum absolute atomic E-state index is 10.9. The quantitative estimate of drug-likeness (QED) is 0.874. The molecule has 18 heavy (non-hydrogen) atoms. The van der Waals surface area contributed by atoms with E-state index >= 15 is 0 Å². The second-order valence-corrected chi connectivity index (χ2v) is 4.48. The number of anilines is 1. The first kappa shape index (κ1) is 12.4. The molecule has 2 rings (SSSR count). The molecule has 5 nitrogen and oxygen atoms in total. The molecule has 0 amide bonds. The first-order valence-electron chi connectivity index (χ1n) is 5.25. The summed E-state index contributed by atoms with van der Waals surface area (Å²) in [5.41, 5.74) is 8.24. The summed E-state index contributed by atoms with van der Waals surface area (Å²) in [4.78, 5) is 10.9. The number of hydrogen-bond acceptors (Lipinski definition) is 3. The van der Waals surface area contributed by atoms with E-state index in [9.17, 15) is 4.79 Å². The molecule has 0 fully saturated rings. The van der Waals surface area contributed by atoms with Crippen molar-refractivity contribution in [3.8, 4) is 5.69 Å². The minimum Gasteiger partial charge on any atom is -0.477 e. The van der Waals surface area contributed by atoms with Crippen molar-refractivity contribution >= 4 is 23.4 Å². The van der Waals surface area contributed by atoms with Gasteiger partial charge in [-0.1, -0.05) is 17.7 Å². The topological polar surface area (TPSA) is 81.1 Å². The zero-order chi connectivity index (χ0) is 13.4. The lowest BCUT2D eigenvalue weighted by atomic mass is 10.1. The molecular weight excluding hydrogens is 254 g/mol. The van der Waals surface area contributed by atoms with Crippen LogP contribution in [-0.2, 0) is 0 Å². The molecular formula is C12H12ClN3O2. The summed E-state index contributed by atoms with van der Waals surface area (Å²) in [5.74, 6) is -1.05. The van der Waals surface area contributed by atoms with E-state index in [1.54, 1.807) is 6.07 Å². The van der Waals surface area contributed by atoms with Crippen molar-refractivity contribution in [3.63, 3.8) is 0 Å². The molecule has 1 aromatic carbocycles. The van der Waals surface area contributed by atoms with Crippen molar-refractivity contribution < 1.29 is 9.90 Å². The number of nitrogens with zero attached hydrogens (tertiary/aromatic N) is 2. The standard InChI is InChI=1S/C12H12ClN3O2/c1-6-3-7(2)10(9(13)4-6)16-11(14)8(5-15-16)12(17)18/h3-5H,14H2,1-2H3,(H,17,18). The largest absolute Gasteiger partial charge is 0.477 e. The second-order valence-electron chi connectivity index (χ2n) is 4.07. The molecule has 0 spiro atoms. The zero-order valence-electron chi connectivity index (χ0n) is 9.94. The van der Waals surface area contributed by atoms with Crippen LogP contribution in [0.1, 0.15) is 21.5 Å². The van der Waals surface area contributed by atoms with E-state index in [-0.39, 0.29) is 11.4 Å². The number of carboxylic acids is 1. The number of aromatic nitrogens is 2. The van der Waals surface area contributed by atoms with Crippen molar-refractivity contribution in [2.75, 3.05) is 5.73 Å². The van der Waals surface area contributed by atoms with Gasteiger partial charge in [-0.2, -0.15) is 5.10 Å². The van der Waals surface area contributed by atoms with Gasteiger partial charge in [-0.05, 0) is 31.0 Å². The van der Waals surface area contributed by atoms with Gasteiger partial charge in [0.2, 0.25) is 0 Å². The van der Waals surface area contributed by atoms with E-state index < -0.39 is 5.97 Å². The van der Waals surface area contributed by atoms with Crippen molar-refractivity contribution in [1.82, 2.24) is 9.78 Å². The van der Waals surface area contributed by atoms with E-state index in [1.165, 1.54) is 10.9 Å². The molecule has 94 valence electrons. The number of carbonyl (C=O) groups is 1. The monoisotopic (exact) mass is 265 g/mol. The summed E-state index contributed by atoms with van der Waals surface area (Å²) in [7, 11) is 0. The summed E-state index contributed by atoms with van der Waals surface area (Å²) in [5, 5.41) is 13.4. The van der Waals surface area contributed by atoms with E-state index in [1.807, 2.05) is 19.9 Å². The van der Waals surface area contributed by atoms with Crippen LogP contribution >= 0.6 is 11.6 Å². The number of aryl methyl sites for hydroxylation is 2. The predicted octanol–water partition coefficient (Wildman–Crippen LogP) is 2.42. The van der Waals surface area contributed by atoms with Gasteiger partial charge in [0.15, 0.2) is 0 Å². The SMILES string of the molecule is Cc1cc(C)c(-n2ncc(C(=O)O)c2N)c(Cl)c1. The third-order valence-electron chi connectivity index (χ3n) is 2.65. The highest BCUT2D eigenvalue weighted by molar-refractivity contribution is 6.32. The van der Waals surface area contributed by atoms with Gasteiger partial charge < -0.3 is 10.8 Å². The van der Waals surface area contributed by atoms with Crippen LogP contribution in [0, 0.1) is 13.8 Å². The van der Waals surface area contributed by atoms with Crippen LogP contribution in [0.5, 0.6) is 0 Å². The molecule has 3 N–H and O–H groups in total. The molecule has 0 unspecified atom stereocenters. The Morgan fingerprint density at radius 3 is 2.61 bits per heavy atom. The average molecular weight is 266 g/mol. The van der Waals surface area contributed by atoms with Gasteiger partial charge in [0, 0.05) is 0 Å². The summed E-state index contributed by atoms with van der Waals surface area (Å²) in [6.45, 7) is 3.80. The molecule has 6 heteroatoms. The fourth-order valence-corrected chi connectivity index (χ4v) is 2.28. The number of aromatic carboxylic acids is 1. The van der Waals surface area contributed by atoms with Gasteiger partial charge >= 0.3 is 5.97 Å². The van der Waals surface area contributed by atoms with Gasteiger partial charge in [0.05, 0.1) is 16.9 Å². The van der Waals surface area contributed by atoms with Crippen LogP contribution in [0.4, 0.5) is 5.82 Å². The highest BCUT2D eigenvalue weighted by atomic mass is 35.5. The van der Waals surface area contributed by atoms with Crippen LogP contribution in [0.25, 0.3) is 5.69 Å². The summed E-state index contributed by atoms with van der Waals surface area (Å²) in [6, 6.07) is 3.72. The highest BCUT2D eigenvalue weighted by Gasteiger charge is 2.17. The molecule has 0 bridgehead atoms. The Bertz CT molecular complexity index is 611. The van der Waals surface area contributed by atoms with Crippen LogP contribution in [0.15, 0.2) is 18.3 Å². The van der Waals surface area contributed by atoms with Crippen LogP contribution in [0.2, 0.25) is 5.02 Å². The third kappa shape index (κ3) is 1.93. The van der Waals surface area contributed by atoms with Crippen LogP contribution in [-0.4, -0.2) is 20.9 Å². The molecule has 0 radical (unpaired) electrons. The van der Waals surface area contributed by atoms with Crippen LogP contribution in [0.3, 0.4) is 0 Å².